The number of rotatable bonds is 2. The van der Waals surface area contributed by atoms with Crippen molar-refractivity contribution in [2.45, 2.75) is 6.42 Å². The maximum absolute atomic E-state index is 11.4. The number of phenols is 1. The van der Waals surface area contributed by atoms with Gasteiger partial charge in [0.05, 0.1) is 22.7 Å². The van der Waals surface area contributed by atoms with Gasteiger partial charge in [0, 0.05) is 12.3 Å². The van der Waals surface area contributed by atoms with Crippen LogP contribution >= 0.6 is 0 Å². The largest absolute Gasteiger partial charge is 0.501 e. The van der Waals surface area contributed by atoms with E-state index in [4.69, 9.17) is 5.73 Å². The van der Waals surface area contributed by atoms with Gasteiger partial charge >= 0.3 is 5.69 Å². The van der Waals surface area contributed by atoms with Gasteiger partial charge in [-0.1, -0.05) is 0 Å². The van der Waals surface area contributed by atoms with E-state index in [-0.39, 0.29) is 23.7 Å². The van der Waals surface area contributed by atoms with E-state index in [1.807, 2.05) is 0 Å². The minimum absolute atomic E-state index is 0.134. The predicted octanol–water partition coefficient (Wildman–Crippen LogP) is 0.605. The molecule has 1 aromatic rings. The highest BCUT2D eigenvalue weighted by atomic mass is 16.6. The molecule has 0 unspecified atom stereocenters. The summed E-state index contributed by atoms with van der Waals surface area (Å²) in [6.45, 7) is 0. The van der Waals surface area contributed by atoms with Gasteiger partial charge in [-0.05, 0) is 6.07 Å². The van der Waals surface area contributed by atoms with Crippen LogP contribution in [0.2, 0.25) is 0 Å². The Morgan fingerprint density at radius 3 is 2.76 bits per heavy atom. The molecule has 88 valence electrons. The lowest BCUT2D eigenvalue weighted by atomic mass is 10.2. The third-order valence-electron chi connectivity index (χ3n) is 2.24. The summed E-state index contributed by atoms with van der Waals surface area (Å²) in [7, 11) is 0. The first-order valence-corrected chi connectivity index (χ1v) is 4.63. The SMILES string of the molecule is Nc1cc(N2N=CCC2=O)cc([N+](=O)[O-])c1O. The average Bonchev–Trinajstić information content (AvgIpc) is 2.68. The number of nitro groups is 1. The zero-order chi connectivity index (χ0) is 12.6. The summed E-state index contributed by atoms with van der Waals surface area (Å²) in [5, 5.41) is 24.8. The molecule has 0 spiro atoms. The molecule has 8 nitrogen and oxygen atoms in total. The lowest BCUT2D eigenvalue weighted by molar-refractivity contribution is -0.385. The van der Waals surface area contributed by atoms with Gasteiger partial charge in [0.15, 0.2) is 0 Å². The van der Waals surface area contributed by atoms with Crippen molar-refractivity contribution in [2.24, 2.45) is 5.10 Å². The summed E-state index contributed by atoms with van der Waals surface area (Å²) >= 11 is 0. The van der Waals surface area contributed by atoms with E-state index in [1.165, 1.54) is 12.3 Å². The van der Waals surface area contributed by atoms with Crippen LogP contribution in [0, 0.1) is 10.1 Å². The van der Waals surface area contributed by atoms with Gasteiger partial charge in [0.2, 0.25) is 5.75 Å². The molecule has 0 bridgehead atoms. The summed E-state index contributed by atoms with van der Waals surface area (Å²) in [6, 6.07) is 2.30. The number of nitro benzene ring substituents is 1. The zero-order valence-corrected chi connectivity index (χ0v) is 8.53. The fraction of sp³-hybridized carbons (Fsp3) is 0.111. The number of carbonyl (C=O) groups excluding carboxylic acids is 1. The highest BCUT2D eigenvalue weighted by Gasteiger charge is 2.24. The van der Waals surface area contributed by atoms with Crippen molar-refractivity contribution in [1.82, 2.24) is 0 Å². The van der Waals surface area contributed by atoms with E-state index in [9.17, 15) is 20.0 Å². The summed E-state index contributed by atoms with van der Waals surface area (Å²) in [4.78, 5) is 21.3. The Hall–Kier alpha value is -2.64. The lowest BCUT2D eigenvalue weighted by Gasteiger charge is -2.12. The Labute approximate surface area is 95.1 Å². The molecule has 2 rings (SSSR count). The van der Waals surface area contributed by atoms with Gasteiger partial charge in [-0.25, -0.2) is 5.01 Å². The molecular formula is C9H8N4O4. The van der Waals surface area contributed by atoms with E-state index in [0.29, 0.717) is 0 Å². The molecule has 0 atom stereocenters. The Morgan fingerprint density at radius 2 is 2.24 bits per heavy atom. The molecule has 17 heavy (non-hydrogen) atoms. The number of hydrogen-bond acceptors (Lipinski definition) is 6. The molecule has 0 fully saturated rings. The fourth-order valence-electron chi connectivity index (χ4n) is 1.45. The Balaban J connectivity index is 2.53. The number of nitrogens with zero attached hydrogens (tertiary/aromatic N) is 3. The summed E-state index contributed by atoms with van der Waals surface area (Å²) in [5.41, 5.74) is 4.85. The topological polar surface area (TPSA) is 122 Å². The number of anilines is 2. The molecule has 0 saturated carbocycles. The van der Waals surface area contributed by atoms with Crippen molar-refractivity contribution in [1.29, 1.82) is 0 Å². The average molecular weight is 236 g/mol. The van der Waals surface area contributed by atoms with Crippen LogP contribution in [0.5, 0.6) is 5.75 Å². The molecule has 1 aliphatic rings. The monoisotopic (exact) mass is 236 g/mol. The van der Waals surface area contributed by atoms with Crippen molar-refractivity contribution in [2.75, 3.05) is 10.7 Å². The van der Waals surface area contributed by atoms with Crippen molar-refractivity contribution < 1.29 is 14.8 Å². The molecule has 0 aromatic heterocycles. The highest BCUT2D eigenvalue weighted by molar-refractivity contribution is 6.06. The molecule has 1 heterocycles. The van der Waals surface area contributed by atoms with Crippen LogP contribution in [0.1, 0.15) is 6.42 Å². The Bertz CT molecular complexity index is 540. The first kappa shape index (κ1) is 10.9. The summed E-state index contributed by atoms with van der Waals surface area (Å²) < 4.78 is 0. The highest BCUT2D eigenvalue weighted by Crippen LogP contribution is 2.37. The zero-order valence-electron chi connectivity index (χ0n) is 8.53. The van der Waals surface area contributed by atoms with E-state index in [0.717, 1.165) is 11.1 Å². The molecular weight excluding hydrogens is 228 g/mol. The number of aromatic hydroxyl groups is 1. The first-order chi connectivity index (χ1) is 8.00. The second-order valence-electron chi connectivity index (χ2n) is 3.37. The standard InChI is InChI=1S/C9H8N4O4/c10-6-3-5(12-8(14)1-2-11-12)4-7(9(6)15)13(16)17/h2-4,15H,1,10H2. The number of phenolic OH excluding ortho intramolecular Hbond substituents is 1. The lowest BCUT2D eigenvalue weighted by Crippen LogP contribution is -2.19. The summed E-state index contributed by atoms with van der Waals surface area (Å²) in [6.07, 6.45) is 1.52. The van der Waals surface area contributed by atoms with Crippen LogP contribution in [0.3, 0.4) is 0 Å². The number of nitrogen functional groups attached to an aromatic ring is 1. The predicted molar refractivity (Wildman–Crippen MR) is 59.8 cm³/mol. The van der Waals surface area contributed by atoms with Crippen molar-refractivity contribution in [3.05, 3.63) is 22.2 Å². The molecule has 3 N–H and O–H groups in total. The number of benzene rings is 1. The van der Waals surface area contributed by atoms with Crippen molar-refractivity contribution in [3.63, 3.8) is 0 Å². The quantitative estimate of drug-likeness (QED) is 0.337. The van der Waals surface area contributed by atoms with E-state index in [2.05, 4.69) is 5.10 Å². The minimum atomic E-state index is -0.778. The molecule has 8 heteroatoms. The molecule has 1 aromatic carbocycles. The second-order valence-corrected chi connectivity index (χ2v) is 3.37. The van der Waals surface area contributed by atoms with Gasteiger partial charge in [0.25, 0.3) is 5.91 Å². The number of hydrogen-bond donors (Lipinski definition) is 2. The normalized spacial score (nSPS) is 14.4. The molecule has 1 aliphatic heterocycles. The van der Waals surface area contributed by atoms with E-state index >= 15 is 0 Å². The minimum Gasteiger partial charge on any atom is -0.501 e. The van der Waals surface area contributed by atoms with Gasteiger partial charge in [0.1, 0.15) is 0 Å². The van der Waals surface area contributed by atoms with Gasteiger partial charge in [-0.3, -0.25) is 14.9 Å². The third kappa shape index (κ3) is 1.75. The fourth-order valence-corrected chi connectivity index (χ4v) is 1.45. The van der Waals surface area contributed by atoms with E-state index < -0.39 is 16.4 Å². The van der Waals surface area contributed by atoms with Crippen LogP contribution < -0.4 is 10.7 Å². The van der Waals surface area contributed by atoms with Crippen LogP contribution in [0.15, 0.2) is 17.2 Å². The molecule has 0 radical (unpaired) electrons. The number of hydrazone groups is 1. The van der Waals surface area contributed by atoms with Crippen LogP contribution in [0.25, 0.3) is 0 Å². The van der Waals surface area contributed by atoms with Gasteiger partial charge in [-0.2, -0.15) is 5.10 Å². The van der Waals surface area contributed by atoms with Gasteiger partial charge < -0.3 is 10.8 Å². The summed E-state index contributed by atoms with van der Waals surface area (Å²) in [5.74, 6) is -0.932. The smallest absolute Gasteiger partial charge is 0.315 e. The van der Waals surface area contributed by atoms with Crippen LogP contribution in [-0.2, 0) is 4.79 Å². The Morgan fingerprint density at radius 1 is 1.53 bits per heavy atom. The number of nitrogens with two attached hydrogens (primary N) is 1. The number of amides is 1. The van der Waals surface area contributed by atoms with Crippen molar-refractivity contribution in [3.8, 4) is 5.75 Å². The molecule has 0 aliphatic carbocycles. The third-order valence-corrected chi connectivity index (χ3v) is 2.24. The maximum atomic E-state index is 11.4. The Kier molecular flexibility index (Phi) is 2.39. The number of carbonyl (C=O) groups is 1. The van der Waals surface area contributed by atoms with E-state index in [1.54, 1.807) is 0 Å². The first-order valence-electron chi connectivity index (χ1n) is 4.63. The molecule has 1 amide bonds. The molecule has 0 saturated heterocycles. The van der Waals surface area contributed by atoms with Crippen molar-refractivity contribution >= 4 is 29.2 Å². The van der Waals surface area contributed by atoms with Crippen LogP contribution in [0.4, 0.5) is 17.1 Å². The van der Waals surface area contributed by atoms with Crippen LogP contribution in [-0.4, -0.2) is 22.2 Å². The second kappa shape index (κ2) is 3.74. The van der Waals surface area contributed by atoms with Gasteiger partial charge in [-0.15, -0.1) is 0 Å². The maximum Gasteiger partial charge on any atom is 0.315 e.